The van der Waals surface area contributed by atoms with Gasteiger partial charge in [0.25, 0.3) is 0 Å². The summed E-state index contributed by atoms with van der Waals surface area (Å²) < 4.78 is 5.35. The molecule has 0 spiro atoms. The van der Waals surface area contributed by atoms with Crippen molar-refractivity contribution in [3.8, 4) is 0 Å². The summed E-state index contributed by atoms with van der Waals surface area (Å²) in [5.41, 5.74) is -0.385. The second-order valence-corrected chi connectivity index (χ2v) is 5.82. The van der Waals surface area contributed by atoms with Gasteiger partial charge in [-0.3, -0.25) is 0 Å². The van der Waals surface area contributed by atoms with Crippen LogP contribution in [0.25, 0.3) is 0 Å². The molecule has 0 heterocycles. The first kappa shape index (κ1) is 14.5. The van der Waals surface area contributed by atoms with Crippen molar-refractivity contribution in [2.75, 3.05) is 13.1 Å². The molecule has 0 fully saturated rings. The van der Waals surface area contributed by atoms with Crippen LogP contribution in [-0.2, 0) is 4.74 Å². The first-order valence-corrected chi connectivity index (χ1v) is 7.30. The Hall–Kier alpha value is -0.513. The maximum atomic E-state index is 11.8. The zero-order valence-corrected chi connectivity index (χ0v) is 12.8. The zero-order valence-electron chi connectivity index (χ0n) is 10.8. The highest BCUT2D eigenvalue weighted by molar-refractivity contribution is 6.08. The van der Waals surface area contributed by atoms with Gasteiger partial charge in [0.05, 0.1) is 0 Å². The van der Waals surface area contributed by atoms with Crippen molar-refractivity contribution in [1.82, 2.24) is 4.90 Å². The van der Waals surface area contributed by atoms with Crippen molar-refractivity contribution in [2.24, 2.45) is 0 Å². The molecule has 15 heavy (non-hydrogen) atoms. The lowest BCUT2D eigenvalue weighted by atomic mass is 10.2. The molecule has 0 saturated carbocycles. The van der Waals surface area contributed by atoms with E-state index in [0.717, 1.165) is 25.9 Å². The van der Waals surface area contributed by atoms with Crippen LogP contribution in [0.3, 0.4) is 0 Å². The molecule has 3 nitrogen and oxygen atoms in total. The minimum atomic E-state index is -0.385. The van der Waals surface area contributed by atoms with E-state index >= 15 is 0 Å². The van der Waals surface area contributed by atoms with Gasteiger partial charge in [-0.15, -0.1) is 0 Å². The predicted molar refractivity (Wildman–Crippen MR) is 67.5 cm³/mol. The van der Waals surface area contributed by atoms with Gasteiger partial charge < -0.3 is 9.64 Å². The van der Waals surface area contributed by atoms with Gasteiger partial charge in [-0.05, 0) is 33.6 Å². The van der Waals surface area contributed by atoms with E-state index in [0.29, 0.717) is 0 Å². The van der Waals surface area contributed by atoms with E-state index in [-0.39, 0.29) is 11.7 Å². The standard InChI is InChI=1S/C11H25NO2Si/c1-5-7-12(8-6-9-15)10(13)14-11(2,3)4/h5-9H2,1-4,15H3. The molecule has 0 N–H and O–H groups in total. The van der Waals surface area contributed by atoms with E-state index in [1.165, 1.54) is 16.3 Å². The van der Waals surface area contributed by atoms with Crippen LogP contribution in [0.2, 0.25) is 6.04 Å². The Morgan fingerprint density at radius 2 is 1.93 bits per heavy atom. The molecule has 90 valence electrons. The lowest BCUT2D eigenvalue weighted by Crippen LogP contribution is -2.37. The van der Waals surface area contributed by atoms with Crippen molar-refractivity contribution in [3.05, 3.63) is 0 Å². The maximum absolute atomic E-state index is 11.8. The lowest BCUT2D eigenvalue weighted by Gasteiger charge is -2.27. The number of nitrogens with zero attached hydrogens (tertiary/aromatic N) is 1. The molecule has 0 aromatic rings. The van der Waals surface area contributed by atoms with Gasteiger partial charge in [0, 0.05) is 23.3 Å². The van der Waals surface area contributed by atoms with E-state index in [1.54, 1.807) is 0 Å². The Morgan fingerprint density at radius 3 is 2.33 bits per heavy atom. The van der Waals surface area contributed by atoms with Crippen LogP contribution >= 0.6 is 0 Å². The topological polar surface area (TPSA) is 29.5 Å². The van der Waals surface area contributed by atoms with E-state index in [4.69, 9.17) is 4.74 Å². The van der Waals surface area contributed by atoms with Crippen molar-refractivity contribution < 1.29 is 9.53 Å². The van der Waals surface area contributed by atoms with Gasteiger partial charge in [0.2, 0.25) is 0 Å². The summed E-state index contributed by atoms with van der Waals surface area (Å²) in [6.07, 6.45) is 1.92. The van der Waals surface area contributed by atoms with E-state index in [9.17, 15) is 4.79 Å². The van der Waals surface area contributed by atoms with Crippen LogP contribution in [0.15, 0.2) is 0 Å². The highest BCUT2D eigenvalue weighted by Gasteiger charge is 2.20. The molecule has 0 atom stereocenters. The smallest absolute Gasteiger partial charge is 0.410 e. The van der Waals surface area contributed by atoms with Gasteiger partial charge in [0.1, 0.15) is 5.60 Å². The van der Waals surface area contributed by atoms with Crippen LogP contribution in [-0.4, -0.2) is 39.9 Å². The normalized spacial score (nSPS) is 11.5. The quantitative estimate of drug-likeness (QED) is 0.675. The number of hydrogen-bond acceptors (Lipinski definition) is 2. The fraction of sp³-hybridized carbons (Fsp3) is 0.909. The van der Waals surface area contributed by atoms with Gasteiger partial charge >= 0.3 is 6.09 Å². The second kappa shape index (κ2) is 6.88. The molecule has 0 bridgehead atoms. The van der Waals surface area contributed by atoms with E-state index in [1.807, 2.05) is 25.7 Å². The molecule has 0 aromatic heterocycles. The number of hydrogen-bond donors (Lipinski definition) is 0. The number of amides is 1. The van der Waals surface area contributed by atoms with Crippen LogP contribution in [0, 0.1) is 0 Å². The average Bonchev–Trinajstić information content (AvgIpc) is 2.09. The SMILES string of the molecule is CCCN(CCC[SiH3])C(=O)OC(C)(C)C. The number of carbonyl (C=O) groups is 1. The van der Waals surface area contributed by atoms with Crippen molar-refractivity contribution in [3.63, 3.8) is 0 Å². The molecule has 0 aliphatic heterocycles. The molecule has 0 aliphatic carbocycles. The Balaban J connectivity index is 4.15. The molecule has 0 rings (SSSR count). The van der Waals surface area contributed by atoms with Gasteiger partial charge in [-0.2, -0.15) is 0 Å². The molecule has 0 saturated heterocycles. The van der Waals surface area contributed by atoms with Crippen molar-refractivity contribution in [2.45, 2.75) is 52.2 Å². The zero-order chi connectivity index (χ0) is 11.9. The average molecular weight is 231 g/mol. The summed E-state index contributed by atoms with van der Waals surface area (Å²) in [5, 5.41) is 0. The molecule has 4 heteroatoms. The number of ether oxygens (including phenoxy) is 1. The maximum Gasteiger partial charge on any atom is 0.410 e. The predicted octanol–water partition coefficient (Wildman–Crippen LogP) is 1.81. The fourth-order valence-corrected chi connectivity index (χ4v) is 1.56. The van der Waals surface area contributed by atoms with Crippen LogP contribution in [0.4, 0.5) is 4.79 Å². The third-order valence-electron chi connectivity index (χ3n) is 1.93. The fourth-order valence-electron chi connectivity index (χ4n) is 1.24. The Kier molecular flexibility index (Phi) is 6.64. The van der Waals surface area contributed by atoms with Crippen LogP contribution in [0.1, 0.15) is 40.5 Å². The first-order valence-electron chi connectivity index (χ1n) is 5.88. The Bertz CT molecular complexity index is 190. The van der Waals surface area contributed by atoms with Crippen LogP contribution in [0.5, 0.6) is 0 Å². The van der Waals surface area contributed by atoms with Gasteiger partial charge in [-0.1, -0.05) is 13.0 Å². The molecular formula is C11H25NO2Si. The van der Waals surface area contributed by atoms with E-state index < -0.39 is 0 Å². The monoisotopic (exact) mass is 231 g/mol. The third-order valence-corrected chi connectivity index (χ3v) is 2.63. The number of rotatable bonds is 5. The molecule has 1 amide bonds. The highest BCUT2D eigenvalue weighted by atomic mass is 28.1. The van der Waals surface area contributed by atoms with Crippen LogP contribution < -0.4 is 0 Å². The van der Waals surface area contributed by atoms with E-state index in [2.05, 4.69) is 6.92 Å². The molecule has 0 aromatic carbocycles. The van der Waals surface area contributed by atoms with Gasteiger partial charge in [0.15, 0.2) is 0 Å². The summed E-state index contributed by atoms with van der Waals surface area (Å²) in [4.78, 5) is 13.6. The molecular weight excluding hydrogens is 206 g/mol. The highest BCUT2D eigenvalue weighted by Crippen LogP contribution is 2.10. The minimum Gasteiger partial charge on any atom is -0.444 e. The van der Waals surface area contributed by atoms with Crippen molar-refractivity contribution >= 4 is 16.3 Å². The largest absolute Gasteiger partial charge is 0.444 e. The summed E-state index contributed by atoms with van der Waals surface area (Å²) in [5.74, 6) is 0. The van der Waals surface area contributed by atoms with Crippen molar-refractivity contribution in [1.29, 1.82) is 0 Å². The lowest BCUT2D eigenvalue weighted by molar-refractivity contribution is 0.0250. The van der Waals surface area contributed by atoms with Gasteiger partial charge in [-0.25, -0.2) is 4.79 Å². The Morgan fingerprint density at radius 1 is 1.33 bits per heavy atom. The first-order chi connectivity index (χ1) is 6.90. The summed E-state index contributed by atoms with van der Waals surface area (Å²) in [6, 6.07) is 1.24. The molecule has 0 aliphatic rings. The summed E-state index contributed by atoms with van der Waals surface area (Å²) in [7, 11) is 1.21. The number of carbonyl (C=O) groups excluding carboxylic acids is 1. The minimum absolute atomic E-state index is 0.167. The Labute approximate surface area is 96.6 Å². The second-order valence-electron chi connectivity index (χ2n) is 4.82. The molecule has 0 unspecified atom stereocenters. The summed E-state index contributed by atoms with van der Waals surface area (Å²) in [6.45, 7) is 9.44. The third kappa shape index (κ3) is 7.42. The molecule has 0 radical (unpaired) electrons. The summed E-state index contributed by atoms with van der Waals surface area (Å²) >= 11 is 0.